The van der Waals surface area contributed by atoms with Gasteiger partial charge in [0.05, 0.1) is 5.92 Å². The van der Waals surface area contributed by atoms with E-state index in [4.69, 9.17) is 4.74 Å². The first kappa shape index (κ1) is 25.3. The zero-order valence-corrected chi connectivity index (χ0v) is 20.2. The van der Waals surface area contributed by atoms with Gasteiger partial charge < -0.3 is 20.5 Å². The number of alkyl carbamates (subject to hydrolysis) is 1. The van der Waals surface area contributed by atoms with Crippen LogP contribution in [0.1, 0.15) is 51.2 Å². The Morgan fingerprint density at radius 3 is 2.03 bits per heavy atom. The molecule has 0 spiro atoms. The summed E-state index contributed by atoms with van der Waals surface area (Å²) in [5.41, 5.74) is 4.64. The molecule has 3 rings (SSSR count). The standard InChI is InChI=1S/C27H34N2O5/c1-16(2)25(26(31)32)18(4)29-24(30)13-17(3)14-28-27(33)34-15-23-21-11-7-5-9-19(21)20-10-6-8-12-22(20)23/h5-12,16-18,23,25H,13-15H2,1-4H3,(H,28,33)(H,29,30)(H,31,32). The molecule has 0 aromatic heterocycles. The van der Waals surface area contributed by atoms with Gasteiger partial charge in [0.2, 0.25) is 5.91 Å². The largest absolute Gasteiger partial charge is 0.481 e. The summed E-state index contributed by atoms with van der Waals surface area (Å²) in [5, 5.41) is 14.9. The number of carbonyl (C=O) groups is 3. The fourth-order valence-electron chi connectivity index (χ4n) is 4.77. The average molecular weight is 467 g/mol. The van der Waals surface area contributed by atoms with Crippen LogP contribution >= 0.6 is 0 Å². The minimum absolute atomic E-state index is 0.00835. The highest BCUT2D eigenvalue weighted by Crippen LogP contribution is 2.44. The molecule has 3 N–H and O–H groups in total. The molecule has 0 aliphatic heterocycles. The fraction of sp³-hybridized carbons (Fsp3) is 0.444. The number of ether oxygens (including phenoxy) is 1. The van der Waals surface area contributed by atoms with E-state index in [2.05, 4.69) is 34.9 Å². The Morgan fingerprint density at radius 1 is 0.941 bits per heavy atom. The first-order valence-corrected chi connectivity index (χ1v) is 11.8. The van der Waals surface area contributed by atoms with E-state index >= 15 is 0 Å². The SMILES string of the molecule is CC(CNC(=O)OCC1c2ccccc2-c2ccccc21)CC(=O)NC(C)C(C(=O)O)C(C)C. The maximum atomic E-state index is 12.3. The summed E-state index contributed by atoms with van der Waals surface area (Å²) in [7, 11) is 0. The first-order chi connectivity index (χ1) is 16.2. The van der Waals surface area contributed by atoms with Gasteiger partial charge in [0.15, 0.2) is 0 Å². The van der Waals surface area contributed by atoms with E-state index in [9.17, 15) is 19.5 Å². The van der Waals surface area contributed by atoms with Crippen molar-refractivity contribution in [3.63, 3.8) is 0 Å². The molecule has 2 aromatic carbocycles. The molecular weight excluding hydrogens is 432 g/mol. The number of rotatable bonds is 10. The number of benzene rings is 2. The molecule has 0 radical (unpaired) electrons. The van der Waals surface area contributed by atoms with Gasteiger partial charge in [-0.1, -0.05) is 69.3 Å². The van der Waals surface area contributed by atoms with Crippen LogP contribution in [0.4, 0.5) is 4.79 Å². The topological polar surface area (TPSA) is 105 Å². The molecule has 0 saturated carbocycles. The van der Waals surface area contributed by atoms with Gasteiger partial charge in [-0.2, -0.15) is 0 Å². The Kier molecular flexibility index (Phi) is 8.31. The third-order valence-corrected chi connectivity index (χ3v) is 6.40. The lowest BCUT2D eigenvalue weighted by Crippen LogP contribution is -2.44. The normalized spacial score (nSPS) is 15.1. The van der Waals surface area contributed by atoms with Crippen molar-refractivity contribution >= 4 is 18.0 Å². The molecular formula is C27H34N2O5. The number of aliphatic carboxylic acids is 1. The van der Waals surface area contributed by atoms with Crippen LogP contribution in [-0.2, 0) is 14.3 Å². The lowest BCUT2D eigenvalue weighted by atomic mass is 9.89. The van der Waals surface area contributed by atoms with Crippen LogP contribution in [-0.4, -0.2) is 42.3 Å². The van der Waals surface area contributed by atoms with Crippen molar-refractivity contribution in [2.24, 2.45) is 17.8 Å². The van der Waals surface area contributed by atoms with Crippen molar-refractivity contribution in [2.45, 2.75) is 46.1 Å². The van der Waals surface area contributed by atoms with E-state index in [0.29, 0.717) is 0 Å². The van der Waals surface area contributed by atoms with Crippen LogP contribution in [0, 0.1) is 17.8 Å². The van der Waals surface area contributed by atoms with E-state index in [-0.39, 0.29) is 43.2 Å². The number of carbonyl (C=O) groups excluding carboxylic acids is 2. The molecule has 3 unspecified atom stereocenters. The zero-order valence-electron chi connectivity index (χ0n) is 20.2. The maximum Gasteiger partial charge on any atom is 0.407 e. The molecule has 7 heteroatoms. The van der Waals surface area contributed by atoms with Gasteiger partial charge in [-0.05, 0) is 41.0 Å². The van der Waals surface area contributed by atoms with Gasteiger partial charge in [0.1, 0.15) is 6.61 Å². The van der Waals surface area contributed by atoms with Crippen LogP contribution in [0.2, 0.25) is 0 Å². The summed E-state index contributed by atoms with van der Waals surface area (Å²) in [6.07, 6.45) is -0.341. The molecule has 2 amide bonds. The Labute approximate surface area is 200 Å². The second kappa shape index (κ2) is 11.2. The van der Waals surface area contributed by atoms with Crippen molar-refractivity contribution < 1.29 is 24.2 Å². The predicted octanol–water partition coefficient (Wildman–Crippen LogP) is 4.41. The summed E-state index contributed by atoms with van der Waals surface area (Å²) in [6.45, 7) is 7.72. The van der Waals surface area contributed by atoms with Crippen LogP contribution in [0.3, 0.4) is 0 Å². The molecule has 7 nitrogen and oxygen atoms in total. The van der Waals surface area contributed by atoms with Crippen molar-refractivity contribution in [1.82, 2.24) is 10.6 Å². The van der Waals surface area contributed by atoms with Crippen LogP contribution in [0.15, 0.2) is 48.5 Å². The van der Waals surface area contributed by atoms with Gasteiger partial charge >= 0.3 is 12.1 Å². The second-order valence-electron chi connectivity index (χ2n) is 9.48. The van der Waals surface area contributed by atoms with Crippen LogP contribution in [0.5, 0.6) is 0 Å². The highest BCUT2D eigenvalue weighted by atomic mass is 16.5. The van der Waals surface area contributed by atoms with Gasteiger partial charge in [0.25, 0.3) is 0 Å². The summed E-state index contributed by atoms with van der Waals surface area (Å²) in [5.74, 6) is -2.05. The minimum Gasteiger partial charge on any atom is -0.481 e. The van der Waals surface area contributed by atoms with E-state index in [1.807, 2.05) is 45.0 Å². The number of carboxylic acid groups (broad SMARTS) is 1. The lowest BCUT2D eigenvalue weighted by Gasteiger charge is -2.25. The van der Waals surface area contributed by atoms with E-state index in [1.165, 1.54) is 11.1 Å². The quantitative estimate of drug-likeness (QED) is 0.481. The molecule has 34 heavy (non-hydrogen) atoms. The van der Waals surface area contributed by atoms with E-state index < -0.39 is 24.0 Å². The Hall–Kier alpha value is -3.35. The number of hydrogen-bond donors (Lipinski definition) is 3. The Balaban J connectivity index is 1.46. The molecule has 2 aromatic rings. The number of fused-ring (bicyclic) bond motifs is 3. The summed E-state index contributed by atoms with van der Waals surface area (Å²) in [4.78, 5) is 36.1. The highest BCUT2D eigenvalue weighted by Gasteiger charge is 2.30. The van der Waals surface area contributed by atoms with Crippen molar-refractivity contribution in [2.75, 3.05) is 13.2 Å². The van der Waals surface area contributed by atoms with Crippen LogP contribution in [0.25, 0.3) is 11.1 Å². The van der Waals surface area contributed by atoms with Gasteiger partial charge in [-0.3, -0.25) is 9.59 Å². The number of hydrogen-bond acceptors (Lipinski definition) is 4. The second-order valence-corrected chi connectivity index (χ2v) is 9.48. The third kappa shape index (κ3) is 5.95. The number of nitrogens with one attached hydrogen (secondary N) is 2. The Bertz CT molecular complexity index is 990. The average Bonchev–Trinajstić information content (AvgIpc) is 3.09. The first-order valence-electron chi connectivity index (χ1n) is 11.8. The Morgan fingerprint density at radius 2 is 1.50 bits per heavy atom. The monoisotopic (exact) mass is 466 g/mol. The van der Waals surface area contributed by atoms with Crippen molar-refractivity contribution in [3.05, 3.63) is 59.7 Å². The summed E-state index contributed by atoms with van der Waals surface area (Å²) >= 11 is 0. The van der Waals surface area contributed by atoms with Crippen molar-refractivity contribution in [3.8, 4) is 11.1 Å². The minimum atomic E-state index is -0.923. The molecule has 0 bridgehead atoms. The highest BCUT2D eigenvalue weighted by molar-refractivity contribution is 5.79. The molecule has 0 saturated heterocycles. The number of amides is 2. The zero-order chi connectivity index (χ0) is 24.8. The van der Waals surface area contributed by atoms with Crippen molar-refractivity contribution in [1.29, 1.82) is 0 Å². The van der Waals surface area contributed by atoms with Gasteiger partial charge in [-0.15, -0.1) is 0 Å². The molecule has 1 aliphatic rings. The molecule has 0 heterocycles. The molecule has 0 fully saturated rings. The summed E-state index contributed by atoms with van der Waals surface area (Å²) in [6, 6.07) is 15.8. The van der Waals surface area contributed by atoms with Gasteiger partial charge in [-0.25, -0.2) is 4.79 Å². The van der Waals surface area contributed by atoms with E-state index in [1.54, 1.807) is 6.92 Å². The predicted molar refractivity (Wildman–Crippen MR) is 130 cm³/mol. The third-order valence-electron chi connectivity index (χ3n) is 6.40. The van der Waals surface area contributed by atoms with Crippen LogP contribution < -0.4 is 10.6 Å². The molecule has 3 atom stereocenters. The lowest BCUT2D eigenvalue weighted by molar-refractivity contribution is -0.144. The summed E-state index contributed by atoms with van der Waals surface area (Å²) < 4.78 is 5.53. The van der Waals surface area contributed by atoms with E-state index in [0.717, 1.165) is 11.1 Å². The fourth-order valence-corrected chi connectivity index (χ4v) is 4.77. The maximum absolute atomic E-state index is 12.3. The molecule has 182 valence electrons. The number of carboxylic acids is 1. The van der Waals surface area contributed by atoms with Gasteiger partial charge in [0, 0.05) is 24.9 Å². The smallest absolute Gasteiger partial charge is 0.407 e. The molecule has 1 aliphatic carbocycles.